The number of halogens is 1. The number of nitrogens with zero attached hydrogens (tertiary/aromatic N) is 3. The van der Waals surface area contributed by atoms with Crippen LogP contribution in [0.2, 0.25) is 0 Å². The van der Waals surface area contributed by atoms with Gasteiger partial charge in [-0.25, -0.2) is 9.37 Å². The lowest BCUT2D eigenvalue weighted by Gasteiger charge is -2.26. The molecule has 2 aliphatic rings. The van der Waals surface area contributed by atoms with Gasteiger partial charge in [-0.15, -0.1) is 11.8 Å². The van der Waals surface area contributed by atoms with Gasteiger partial charge in [0.25, 0.3) is 0 Å². The Morgan fingerprint density at radius 2 is 1.97 bits per heavy atom. The van der Waals surface area contributed by atoms with E-state index < -0.39 is 12.2 Å². The van der Waals surface area contributed by atoms with E-state index in [1.54, 1.807) is 0 Å². The molecule has 0 aliphatic carbocycles. The van der Waals surface area contributed by atoms with Crippen molar-refractivity contribution in [2.45, 2.75) is 30.6 Å². The van der Waals surface area contributed by atoms with Crippen molar-refractivity contribution in [3.63, 3.8) is 0 Å². The highest BCUT2D eigenvalue weighted by molar-refractivity contribution is 7.99. The van der Waals surface area contributed by atoms with E-state index in [9.17, 15) is 4.39 Å². The summed E-state index contributed by atoms with van der Waals surface area (Å²) >= 11 is 1.90. The maximum atomic E-state index is 14.2. The fourth-order valence-electron chi connectivity index (χ4n) is 4.24. The SMILES string of the molecule is Cc1ccc2nc(N3CCSc4ccccc4C3)cc(N3CC(N)C(F)C3)c2c1. The van der Waals surface area contributed by atoms with Crippen LogP contribution in [0, 0.1) is 6.92 Å². The van der Waals surface area contributed by atoms with Gasteiger partial charge in [0, 0.05) is 47.4 Å². The Labute approximate surface area is 174 Å². The van der Waals surface area contributed by atoms with Gasteiger partial charge < -0.3 is 15.5 Å². The first-order valence-electron chi connectivity index (χ1n) is 10.1. The highest BCUT2D eigenvalue weighted by Crippen LogP contribution is 2.35. The van der Waals surface area contributed by atoms with E-state index in [4.69, 9.17) is 10.7 Å². The summed E-state index contributed by atoms with van der Waals surface area (Å²) in [6.45, 7) is 4.71. The Kier molecular flexibility index (Phi) is 4.84. The molecule has 2 atom stereocenters. The predicted molar refractivity (Wildman–Crippen MR) is 120 cm³/mol. The van der Waals surface area contributed by atoms with Crippen LogP contribution in [0.25, 0.3) is 10.9 Å². The lowest BCUT2D eigenvalue weighted by Crippen LogP contribution is -2.30. The van der Waals surface area contributed by atoms with Crippen molar-refractivity contribution in [3.05, 3.63) is 59.7 Å². The van der Waals surface area contributed by atoms with Crippen LogP contribution < -0.4 is 15.5 Å². The first-order chi connectivity index (χ1) is 14.1. The van der Waals surface area contributed by atoms with Gasteiger partial charge in [-0.1, -0.05) is 29.8 Å². The predicted octanol–water partition coefficient (Wildman–Crippen LogP) is 4.14. The van der Waals surface area contributed by atoms with Crippen LogP contribution in [0.15, 0.2) is 53.4 Å². The molecule has 1 fully saturated rings. The fraction of sp³-hybridized carbons (Fsp3) is 0.348. The van der Waals surface area contributed by atoms with Gasteiger partial charge in [-0.2, -0.15) is 0 Å². The molecular formula is C23H25FN4S. The van der Waals surface area contributed by atoms with Crippen molar-refractivity contribution < 1.29 is 4.39 Å². The highest BCUT2D eigenvalue weighted by Gasteiger charge is 2.31. The standard InChI is InChI=1S/C23H25FN4S/c1-15-6-7-20-17(10-15)21(28-13-18(24)19(25)14-28)11-23(26-20)27-8-9-29-22-5-3-2-4-16(22)12-27/h2-7,10-11,18-19H,8-9,12-14,25H2,1H3. The molecule has 0 saturated carbocycles. The number of aryl methyl sites for hydroxylation is 1. The Morgan fingerprint density at radius 3 is 2.79 bits per heavy atom. The largest absolute Gasteiger partial charge is 0.366 e. The molecule has 2 unspecified atom stereocenters. The number of pyridine rings is 1. The third-order valence-corrected chi connectivity index (χ3v) is 6.93. The maximum Gasteiger partial charge on any atom is 0.134 e. The second kappa shape index (κ2) is 7.50. The molecule has 0 spiro atoms. The molecule has 150 valence electrons. The zero-order valence-electron chi connectivity index (χ0n) is 16.5. The summed E-state index contributed by atoms with van der Waals surface area (Å²) in [6, 6.07) is 16.6. The lowest BCUT2D eigenvalue weighted by molar-refractivity contribution is 0.333. The van der Waals surface area contributed by atoms with Gasteiger partial charge in [-0.05, 0) is 30.7 Å². The van der Waals surface area contributed by atoms with Crippen LogP contribution in [-0.2, 0) is 6.54 Å². The normalized spacial score (nSPS) is 22.0. The van der Waals surface area contributed by atoms with Crippen LogP contribution in [0.3, 0.4) is 0 Å². The number of nitrogens with two attached hydrogens (primary N) is 1. The van der Waals surface area contributed by atoms with E-state index in [1.807, 2.05) is 11.8 Å². The summed E-state index contributed by atoms with van der Waals surface area (Å²) in [4.78, 5) is 10.8. The average molecular weight is 409 g/mol. The molecular weight excluding hydrogens is 383 g/mol. The average Bonchev–Trinajstić information content (AvgIpc) is 2.93. The van der Waals surface area contributed by atoms with Gasteiger partial charge in [0.15, 0.2) is 0 Å². The molecule has 6 heteroatoms. The second-order valence-electron chi connectivity index (χ2n) is 7.98. The van der Waals surface area contributed by atoms with E-state index in [1.165, 1.54) is 16.0 Å². The Hall–Kier alpha value is -2.31. The zero-order chi connectivity index (χ0) is 20.0. The number of anilines is 2. The van der Waals surface area contributed by atoms with Crippen molar-refractivity contribution in [1.82, 2.24) is 4.98 Å². The topological polar surface area (TPSA) is 45.4 Å². The number of hydrogen-bond donors (Lipinski definition) is 1. The quantitative estimate of drug-likeness (QED) is 0.690. The molecule has 2 aromatic carbocycles. The summed E-state index contributed by atoms with van der Waals surface area (Å²) in [7, 11) is 0. The van der Waals surface area contributed by atoms with Crippen molar-refractivity contribution in [1.29, 1.82) is 0 Å². The van der Waals surface area contributed by atoms with E-state index in [-0.39, 0.29) is 0 Å². The summed E-state index contributed by atoms with van der Waals surface area (Å²) in [6.07, 6.45) is -0.993. The minimum Gasteiger partial charge on any atom is -0.366 e. The number of thioether (sulfide) groups is 1. The van der Waals surface area contributed by atoms with E-state index in [2.05, 4.69) is 65.3 Å². The van der Waals surface area contributed by atoms with Crippen LogP contribution in [0.4, 0.5) is 15.9 Å². The molecule has 3 aromatic rings. The summed E-state index contributed by atoms with van der Waals surface area (Å²) in [5.74, 6) is 1.96. The van der Waals surface area contributed by atoms with Crippen molar-refractivity contribution in [3.8, 4) is 0 Å². The molecule has 1 saturated heterocycles. The van der Waals surface area contributed by atoms with E-state index in [0.717, 1.165) is 41.3 Å². The molecule has 4 nitrogen and oxygen atoms in total. The third-order valence-electron chi connectivity index (χ3n) is 5.84. The molecule has 29 heavy (non-hydrogen) atoms. The summed E-state index contributed by atoms with van der Waals surface area (Å²) in [5.41, 5.74) is 10.5. The molecule has 0 bridgehead atoms. The number of rotatable bonds is 2. The van der Waals surface area contributed by atoms with Crippen LogP contribution >= 0.6 is 11.8 Å². The second-order valence-corrected chi connectivity index (χ2v) is 9.12. The Balaban J connectivity index is 1.59. The number of alkyl halides is 1. The molecule has 2 aliphatic heterocycles. The summed E-state index contributed by atoms with van der Waals surface area (Å²) in [5, 5.41) is 1.07. The molecule has 3 heterocycles. The maximum absolute atomic E-state index is 14.2. The van der Waals surface area contributed by atoms with Crippen LogP contribution in [0.1, 0.15) is 11.1 Å². The molecule has 2 N–H and O–H groups in total. The van der Waals surface area contributed by atoms with Crippen LogP contribution in [-0.4, -0.2) is 42.6 Å². The minimum absolute atomic E-state index is 0.340. The minimum atomic E-state index is -0.993. The van der Waals surface area contributed by atoms with E-state index >= 15 is 0 Å². The number of aromatic nitrogens is 1. The molecule has 5 rings (SSSR count). The smallest absolute Gasteiger partial charge is 0.134 e. The van der Waals surface area contributed by atoms with Crippen molar-refractivity contribution >= 4 is 34.2 Å². The molecule has 0 amide bonds. The van der Waals surface area contributed by atoms with Gasteiger partial charge >= 0.3 is 0 Å². The van der Waals surface area contributed by atoms with Gasteiger partial charge in [0.2, 0.25) is 0 Å². The Morgan fingerprint density at radius 1 is 1.10 bits per heavy atom. The zero-order valence-corrected chi connectivity index (χ0v) is 17.3. The van der Waals surface area contributed by atoms with Gasteiger partial charge in [0.1, 0.15) is 12.0 Å². The first-order valence-corrected chi connectivity index (χ1v) is 11.1. The van der Waals surface area contributed by atoms with Gasteiger partial charge in [0.05, 0.1) is 18.1 Å². The van der Waals surface area contributed by atoms with E-state index in [0.29, 0.717) is 13.1 Å². The number of benzene rings is 2. The molecule has 0 radical (unpaired) electrons. The number of fused-ring (bicyclic) bond motifs is 2. The fourth-order valence-corrected chi connectivity index (χ4v) is 5.26. The third kappa shape index (κ3) is 3.55. The van der Waals surface area contributed by atoms with Crippen molar-refractivity contribution in [2.24, 2.45) is 5.73 Å². The first kappa shape index (κ1) is 18.7. The lowest BCUT2D eigenvalue weighted by atomic mass is 10.1. The number of hydrogen-bond acceptors (Lipinski definition) is 5. The van der Waals surface area contributed by atoms with Crippen LogP contribution in [0.5, 0.6) is 0 Å². The molecule has 1 aromatic heterocycles. The van der Waals surface area contributed by atoms with Gasteiger partial charge in [-0.3, -0.25) is 0 Å². The summed E-state index contributed by atoms with van der Waals surface area (Å²) < 4.78 is 14.2. The highest BCUT2D eigenvalue weighted by atomic mass is 32.2. The Bertz CT molecular complexity index is 1050. The van der Waals surface area contributed by atoms with Crippen molar-refractivity contribution in [2.75, 3.05) is 35.2 Å². The monoisotopic (exact) mass is 408 g/mol.